The second-order valence-corrected chi connectivity index (χ2v) is 5.23. The molecule has 1 aliphatic carbocycles. The highest BCUT2D eigenvalue weighted by Gasteiger charge is 2.18. The second kappa shape index (κ2) is 5.89. The Hall–Kier alpha value is -1.51. The average Bonchev–Trinajstić information content (AvgIpc) is 2.28. The van der Waals surface area contributed by atoms with Crippen LogP contribution in [0.1, 0.15) is 39.5 Å². The maximum absolute atomic E-state index is 10.9. The Morgan fingerprint density at radius 3 is 2.94 bits per heavy atom. The van der Waals surface area contributed by atoms with Gasteiger partial charge in [0.25, 0.3) is 0 Å². The van der Waals surface area contributed by atoms with Crippen LogP contribution >= 0.6 is 0 Å². The van der Waals surface area contributed by atoms with Crippen LogP contribution in [-0.4, -0.2) is 12.0 Å². The van der Waals surface area contributed by atoms with Gasteiger partial charge in [0.1, 0.15) is 5.75 Å². The van der Waals surface area contributed by atoms with Crippen LogP contribution < -0.4 is 10.1 Å². The fourth-order valence-electron chi connectivity index (χ4n) is 2.62. The van der Waals surface area contributed by atoms with Gasteiger partial charge in [-0.3, -0.25) is 4.79 Å². The monoisotopic (exact) mass is 247 g/mol. The van der Waals surface area contributed by atoms with Crippen LogP contribution in [0.25, 0.3) is 0 Å². The lowest BCUT2D eigenvalue weighted by Crippen LogP contribution is -2.26. The standard InChI is InChI=1S/C15H21NO2/c1-11-5-3-6-13(9-11)16-14-7-4-8-15(10-14)18-12(2)17/h4,7-8,10-11,13,16H,3,5-6,9H2,1-2H3. The molecule has 2 atom stereocenters. The molecule has 0 bridgehead atoms. The van der Waals surface area contributed by atoms with Gasteiger partial charge in [-0.2, -0.15) is 0 Å². The Morgan fingerprint density at radius 1 is 1.39 bits per heavy atom. The van der Waals surface area contributed by atoms with E-state index < -0.39 is 0 Å². The van der Waals surface area contributed by atoms with Crippen molar-refractivity contribution in [1.82, 2.24) is 0 Å². The molecule has 3 nitrogen and oxygen atoms in total. The van der Waals surface area contributed by atoms with E-state index >= 15 is 0 Å². The molecular formula is C15H21NO2. The van der Waals surface area contributed by atoms with Gasteiger partial charge in [0.05, 0.1) is 0 Å². The Morgan fingerprint density at radius 2 is 2.22 bits per heavy atom. The molecule has 1 aromatic carbocycles. The average molecular weight is 247 g/mol. The topological polar surface area (TPSA) is 38.3 Å². The normalized spacial score (nSPS) is 23.4. The third kappa shape index (κ3) is 3.76. The van der Waals surface area contributed by atoms with Crippen molar-refractivity contribution in [3.63, 3.8) is 0 Å². The molecule has 18 heavy (non-hydrogen) atoms. The van der Waals surface area contributed by atoms with Crippen molar-refractivity contribution < 1.29 is 9.53 Å². The summed E-state index contributed by atoms with van der Waals surface area (Å²) >= 11 is 0. The summed E-state index contributed by atoms with van der Waals surface area (Å²) in [5.74, 6) is 1.13. The van der Waals surface area contributed by atoms with E-state index in [1.165, 1.54) is 32.6 Å². The van der Waals surface area contributed by atoms with Crippen molar-refractivity contribution >= 4 is 11.7 Å². The minimum Gasteiger partial charge on any atom is -0.427 e. The van der Waals surface area contributed by atoms with Gasteiger partial charge in [-0.05, 0) is 30.9 Å². The quantitative estimate of drug-likeness (QED) is 0.655. The van der Waals surface area contributed by atoms with E-state index in [1.54, 1.807) is 6.07 Å². The lowest BCUT2D eigenvalue weighted by molar-refractivity contribution is -0.131. The van der Waals surface area contributed by atoms with Gasteiger partial charge >= 0.3 is 5.97 Å². The number of anilines is 1. The summed E-state index contributed by atoms with van der Waals surface area (Å²) < 4.78 is 5.09. The minimum atomic E-state index is -0.279. The number of ether oxygens (including phenoxy) is 1. The molecule has 3 heteroatoms. The molecule has 98 valence electrons. The SMILES string of the molecule is CC(=O)Oc1cccc(NC2CCCC(C)C2)c1. The van der Waals surface area contributed by atoms with Crippen molar-refractivity contribution in [3.8, 4) is 5.75 Å². The molecule has 0 aliphatic heterocycles. The number of esters is 1. The Kier molecular flexibility index (Phi) is 4.24. The van der Waals surface area contributed by atoms with Crippen LogP contribution in [0, 0.1) is 5.92 Å². The molecule has 2 unspecified atom stereocenters. The lowest BCUT2D eigenvalue weighted by atomic mass is 9.87. The van der Waals surface area contributed by atoms with Crippen molar-refractivity contribution in [1.29, 1.82) is 0 Å². The molecule has 0 spiro atoms. The van der Waals surface area contributed by atoms with Gasteiger partial charge in [-0.1, -0.05) is 25.8 Å². The number of hydrogen-bond acceptors (Lipinski definition) is 3. The summed E-state index contributed by atoms with van der Waals surface area (Å²) in [5.41, 5.74) is 1.04. The summed E-state index contributed by atoms with van der Waals surface area (Å²) in [6.45, 7) is 3.73. The van der Waals surface area contributed by atoms with E-state index in [0.717, 1.165) is 11.6 Å². The number of nitrogens with one attached hydrogen (secondary N) is 1. The van der Waals surface area contributed by atoms with E-state index in [-0.39, 0.29) is 5.97 Å². The van der Waals surface area contributed by atoms with Crippen LogP contribution in [0.3, 0.4) is 0 Å². The van der Waals surface area contributed by atoms with Crippen LogP contribution in [0.15, 0.2) is 24.3 Å². The van der Waals surface area contributed by atoms with E-state index in [9.17, 15) is 4.79 Å². The van der Waals surface area contributed by atoms with E-state index in [1.807, 2.05) is 18.2 Å². The third-order valence-electron chi connectivity index (χ3n) is 3.40. The first-order chi connectivity index (χ1) is 8.63. The molecule has 0 saturated heterocycles. The van der Waals surface area contributed by atoms with Gasteiger partial charge in [-0.15, -0.1) is 0 Å². The Labute approximate surface area is 109 Å². The molecular weight excluding hydrogens is 226 g/mol. The van der Waals surface area contributed by atoms with Crippen molar-refractivity contribution in [2.75, 3.05) is 5.32 Å². The Bertz CT molecular complexity index is 417. The summed E-state index contributed by atoms with van der Waals surface area (Å²) in [4.78, 5) is 10.9. The predicted octanol–water partition coefficient (Wildman–Crippen LogP) is 3.60. The first-order valence-corrected chi connectivity index (χ1v) is 6.68. The highest BCUT2D eigenvalue weighted by atomic mass is 16.5. The van der Waals surface area contributed by atoms with Crippen LogP contribution in [0.4, 0.5) is 5.69 Å². The molecule has 0 heterocycles. The zero-order valence-corrected chi connectivity index (χ0v) is 11.1. The molecule has 1 saturated carbocycles. The second-order valence-electron chi connectivity index (χ2n) is 5.23. The summed E-state index contributed by atoms with van der Waals surface area (Å²) in [6.07, 6.45) is 5.08. The number of rotatable bonds is 3. The molecule has 1 aromatic rings. The first kappa shape index (κ1) is 12.9. The van der Waals surface area contributed by atoms with E-state index in [4.69, 9.17) is 4.74 Å². The van der Waals surface area contributed by atoms with E-state index in [0.29, 0.717) is 11.8 Å². The molecule has 1 aliphatic rings. The molecule has 0 aromatic heterocycles. The smallest absolute Gasteiger partial charge is 0.308 e. The molecule has 1 N–H and O–H groups in total. The first-order valence-electron chi connectivity index (χ1n) is 6.68. The minimum absolute atomic E-state index is 0.279. The molecule has 0 radical (unpaired) electrons. The van der Waals surface area contributed by atoms with Gasteiger partial charge in [0.15, 0.2) is 0 Å². The summed E-state index contributed by atoms with van der Waals surface area (Å²) in [6, 6.07) is 8.16. The maximum atomic E-state index is 10.9. The zero-order valence-electron chi connectivity index (χ0n) is 11.1. The maximum Gasteiger partial charge on any atom is 0.308 e. The largest absolute Gasteiger partial charge is 0.427 e. The number of carbonyl (C=O) groups is 1. The van der Waals surface area contributed by atoms with Crippen molar-refractivity contribution in [3.05, 3.63) is 24.3 Å². The molecule has 0 amide bonds. The fraction of sp³-hybridized carbons (Fsp3) is 0.533. The molecule has 2 rings (SSSR count). The van der Waals surface area contributed by atoms with Crippen LogP contribution in [0.5, 0.6) is 5.75 Å². The number of hydrogen-bond donors (Lipinski definition) is 1. The number of benzene rings is 1. The van der Waals surface area contributed by atoms with E-state index in [2.05, 4.69) is 12.2 Å². The van der Waals surface area contributed by atoms with Crippen LogP contribution in [-0.2, 0) is 4.79 Å². The fourth-order valence-corrected chi connectivity index (χ4v) is 2.62. The summed E-state index contributed by atoms with van der Waals surface area (Å²) in [7, 11) is 0. The lowest BCUT2D eigenvalue weighted by Gasteiger charge is -2.28. The van der Waals surface area contributed by atoms with Gasteiger partial charge in [-0.25, -0.2) is 0 Å². The van der Waals surface area contributed by atoms with Crippen LogP contribution in [0.2, 0.25) is 0 Å². The predicted molar refractivity (Wildman–Crippen MR) is 72.8 cm³/mol. The molecule has 1 fully saturated rings. The van der Waals surface area contributed by atoms with Gasteiger partial charge in [0, 0.05) is 24.7 Å². The van der Waals surface area contributed by atoms with Gasteiger partial charge < -0.3 is 10.1 Å². The Balaban J connectivity index is 1.98. The number of carbonyl (C=O) groups excluding carboxylic acids is 1. The van der Waals surface area contributed by atoms with Gasteiger partial charge in [0.2, 0.25) is 0 Å². The highest BCUT2D eigenvalue weighted by molar-refractivity contribution is 5.69. The highest BCUT2D eigenvalue weighted by Crippen LogP contribution is 2.27. The third-order valence-corrected chi connectivity index (χ3v) is 3.40. The van der Waals surface area contributed by atoms with Crippen molar-refractivity contribution in [2.45, 2.75) is 45.6 Å². The summed E-state index contributed by atoms with van der Waals surface area (Å²) in [5, 5.41) is 3.53. The van der Waals surface area contributed by atoms with Crippen molar-refractivity contribution in [2.24, 2.45) is 5.92 Å². The zero-order chi connectivity index (χ0) is 13.0.